The monoisotopic (exact) mass is 404 g/mol. The smallest absolute Gasteiger partial charge is 0.246 e. The highest BCUT2D eigenvalue weighted by molar-refractivity contribution is 7.99. The van der Waals surface area contributed by atoms with Gasteiger partial charge in [-0.05, 0) is 24.5 Å². The lowest BCUT2D eigenvalue weighted by atomic mass is 10.3. The van der Waals surface area contributed by atoms with Crippen molar-refractivity contribution in [3.8, 4) is 5.75 Å². The topological polar surface area (TPSA) is 116 Å². The summed E-state index contributed by atoms with van der Waals surface area (Å²) in [6.07, 6.45) is 2.72. The number of benzene rings is 1. The molecule has 11 heteroatoms. The molecule has 1 amide bonds. The number of nitrogens with one attached hydrogen (secondary N) is 1. The first-order chi connectivity index (χ1) is 11.7. The number of carbonyl (C=O) groups is 1. The Morgan fingerprint density at radius 3 is 2.68 bits per heavy atom. The summed E-state index contributed by atoms with van der Waals surface area (Å²) in [5.74, 6) is -0.102. The Hall–Kier alpha value is -1.91. The van der Waals surface area contributed by atoms with Gasteiger partial charge in [0.15, 0.2) is 9.84 Å². The number of carbonyl (C=O) groups excluding carboxylic acids is 1. The molecule has 0 aliphatic heterocycles. The fraction of sp³-hybridized carbons (Fsp3) is 0.286. The minimum Gasteiger partial charge on any atom is -0.495 e. The first-order valence-electron chi connectivity index (χ1n) is 6.91. The summed E-state index contributed by atoms with van der Waals surface area (Å²) in [5, 5.41) is 7.41. The molecule has 0 saturated heterocycles. The van der Waals surface area contributed by atoms with Crippen molar-refractivity contribution in [2.24, 2.45) is 0 Å². The van der Waals surface area contributed by atoms with E-state index in [-0.39, 0.29) is 22.3 Å². The van der Waals surface area contributed by atoms with Gasteiger partial charge in [-0.3, -0.25) is 4.79 Å². The third-order valence-corrected chi connectivity index (χ3v) is 5.39. The molecule has 136 valence electrons. The molecule has 0 spiro atoms. The lowest BCUT2D eigenvalue weighted by Crippen LogP contribution is -2.21. The van der Waals surface area contributed by atoms with Crippen LogP contribution < -0.4 is 15.8 Å². The Balaban J connectivity index is 2.28. The molecule has 0 aliphatic carbocycles. The average Bonchev–Trinajstić information content (AvgIpc) is 2.83. The number of amides is 1. The van der Waals surface area contributed by atoms with Gasteiger partial charge in [0.05, 0.1) is 12.8 Å². The van der Waals surface area contributed by atoms with E-state index in [9.17, 15) is 13.2 Å². The lowest BCUT2D eigenvalue weighted by Gasteiger charge is -2.11. The van der Waals surface area contributed by atoms with Crippen LogP contribution in [0, 0.1) is 0 Å². The average molecular weight is 405 g/mol. The third kappa shape index (κ3) is 4.39. The molecule has 0 unspecified atom stereocenters. The molecule has 2 aromatic rings. The summed E-state index contributed by atoms with van der Waals surface area (Å²) in [6.45, 7) is -0.259. The molecule has 0 saturated carbocycles. The molecule has 1 heterocycles. The molecule has 25 heavy (non-hydrogen) atoms. The van der Waals surface area contributed by atoms with Gasteiger partial charge >= 0.3 is 0 Å². The number of methoxy groups -OCH3 is 1. The predicted molar refractivity (Wildman–Crippen MR) is 98.2 cm³/mol. The van der Waals surface area contributed by atoms with Crippen molar-refractivity contribution < 1.29 is 17.9 Å². The van der Waals surface area contributed by atoms with Crippen LogP contribution in [0.4, 0.5) is 11.5 Å². The number of aromatic nitrogens is 2. The maximum atomic E-state index is 12.3. The van der Waals surface area contributed by atoms with Gasteiger partial charge in [0.1, 0.15) is 28.0 Å². The van der Waals surface area contributed by atoms with Crippen LogP contribution in [-0.4, -0.2) is 43.7 Å². The molecule has 0 fully saturated rings. The van der Waals surface area contributed by atoms with E-state index >= 15 is 0 Å². The van der Waals surface area contributed by atoms with Gasteiger partial charge in [-0.1, -0.05) is 11.6 Å². The molecule has 0 aliphatic rings. The zero-order valence-corrected chi connectivity index (χ0v) is 16.1. The number of nitrogens with two attached hydrogens (primary N) is 1. The van der Waals surface area contributed by atoms with E-state index in [0.29, 0.717) is 16.5 Å². The quantitative estimate of drug-likeness (QED) is 0.706. The number of rotatable bonds is 6. The van der Waals surface area contributed by atoms with Crippen LogP contribution in [-0.2, 0) is 21.2 Å². The molecule has 0 radical (unpaired) electrons. The zero-order valence-electron chi connectivity index (χ0n) is 13.7. The molecule has 8 nitrogen and oxygen atoms in total. The fourth-order valence-electron chi connectivity index (χ4n) is 2.14. The zero-order chi connectivity index (χ0) is 18.8. The highest BCUT2D eigenvalue weighted by Crippen LogP contribution is 2.30. The first kappa shape index (κ1) is 19.4. The Kier molecular flexibility index (Phi) is 5.86. The lowest BCUT2D eigenvalue weighted by molar-refractivity contribution is -0.116. The van der Waals surface area contributed by atoms with Crippen LogP contribution >= 0.6 is 23.4 Å². The molecular formula is C14H17ClN4O4S2. The second-order valence-electron chi connectivity index (χ2n) is 5.05. The number of ether oxygens (including phenoxy) is 1. The molecule has 0 atom stereocenters. The number of anilines is 2. The number of nitrogen functional groups attached to an aromatic ring is 1. The Bertz CT molecular complexity index is 912. The van der Waals surface area contributed by atoms with Gasteiger partial charge in [-0.15, -0.1) is 11.8 Å². The highest BCUT2D eigenvalue weighted by Gasteiger charge is 2.24. The van der Waals surface area contributed by atoms with Crippen molar-refractivity contribution in [1.29, 1.82) is 0 Å². The molecule has 2 rings (SSSR count). The van der Waals surface area contributed by atoms with Crippen molar-refractivity contribution in [3.63, 3.8) is 0 Å². The minimum atomic E-state index is -3.56. The van der Waals surface area contributed by atoms with Gasteiger partial charge in [-0.25, -0.2) is 13.1 Å². The fourth-order valence-corrected chi connectivity index (χ4v) is 4.33. The van der Waals surface area contributed by atoms with Crippen LogP contribution in [0.25, 0.3) is 0 Å². The van der Waals surface area contributed by atoms with E-state index < -0.39 is 15.7 Å². The third-order valence-electron chi connectivity index (χ3n) is 3.21. The number of hydrogen-bond acceptors (Lipinski definition) is 7. The van der Waals surface area contributed by atoms with E-state index in [4.69, 9.17) is 22.1 Å². The van der Waals surface area contributed by atoms with Gasteiger partial charge < -0.3 is 15.8 Å². The summed E-state index contributed by atoms with van der Waals surface area (Å²) < 4.78 is 30.0. The van der Waals surface area contributed by atoms with Crippen molar-refractivity contribution in [2.45, 2.75) is 16.5 Å². The van der Waals surface area contributed by atoms with Gasteiger partial charge in [0, 0.05) is 11.3 Å². The number of hydrogen-bond donors (Lipinski definition) is 2. The van der Waals surface area contributed by atoms with Crippen molar-refractivity contribution >= 4 is 50.6 Å². The molecule has 3 N–H and O–H groups in total. The highest BCUT2D eigenvalue weighted by atomic mass is 35.5. The second-order valence-corrected chi connectivity index (χ2v) is 8.23. The number of nitrogens with zero attached hydrogens (tertiary/aromatic N) is 2. The standard InChI is InChI=1S/C14H17ClN4O4S2/c1-23-10-5-4-8(15)6-9(10)17-11(20)7-19-13(16)12(25(3,21)22)14(18-19)24-2/h4-6H,7,16H2,1-3H3,(H,17,20). The number of sulfone groups is 1. The van der Waals surface area contributed by atoms with E-state index in [1.807, 2.05) is 0 Å². The molecular weight excluding hydrogens is 388 g/mol. The summed E-state index contributed by atoms with van der Waals surface area (Å²) >= 11 is 7.06. The summed E-state index contributed by atoms with van der Waals surface area (Å²) in [7, 11) is -2.10. The normalized spacial score (nSPS) is 11.4. The minimum absolute atomic E-state index is 0.0758. The Labute approximate surface area is 154 Å². The second kappa shape index (κ2) is 7.54. The molecule has 0 bridgehead atoms. The van der Waals surface area contributed by atoms with Crippen LogP contribution in [0.3, 0.4) is 0 Å². The van der Waals surface area contributed by atoms with E-state index in [2.05, 4.69) is 10.4 Å². The van der Waals surface area contributed by atoms with E-state index in [0.717, 1.165) is 22.7 Å². The first-order valence-corrected chi connectivity index (χ1v) is 10.4. The number of thioether (sulfide) groups is 1. The summed E-state index contributed by atoms with van der Waals surface area (Å²) in [4.78, 5) is 12.2. The van der Waals surface area contributed by atoms with Crippen molar-refractivity contribution in [3.05, 3.63) is 23.2 Å². The van der Waals surface area contributed by atoms with Gasteiger partial charge in [0.25, 0.3) is 0 Å². The molecule has 1 aromatic carbocycles. The van der Waals surface area contributed by atoms with Crippen LogP contribution in [0.5, 0.6) is 5.75 Å². The van der Waals surface area contributed by atoms with Gasteiger partial charge in [-0.2, -0.15) is 5.10 Å². The maximum absolute atomic E-state index is 12.3. The Morgan fingerprint density at radius 2 is 2.16 bits per heavy atom. The number of halogens is 1. The largest absolute Gasteiger partial charge is 0.495 e. The van der Waals surface area contributed by atoms with Crippen molar-refractivity contribution in [1.82, 2.24) is 9.78 Å². The molecule has 1 aromatic heterocycles. The van der Waals surface area contributed by atoms with E-state index in [1.54, 1.807) is 24.5 Å². The SMILES string of the molecule is COc1ccc(Cl)cc1NC(=O)Cn1nc(SC)c(S(C)(=O)=O)c1N. The van der Waals surface area contributed by atoms with Crippen molar-refractivity contribution in [2.75, 3.05) is 30.7 Å². The van der Waals surface area contributed by atoms with Crippen LogP contribution in [0.1, 0.15) is 0 Å². The summed E-state index contributed by atoms with van der Waals surface area (Å²) in [5.41, 5.74) is 6.26. The van der Waals surface area contributed by atoms with Crippen LogP contribution in [0.15, 0.2) is 28.1 Å². The maximum Gasteiger partial charge on any atom is 0.246 e. The van der Waals surface area contributed by atoms with E-state index in [1.165, 1.54) is 7.11 Å². The summed E-state index contributed by atoms with van der Waals surface area (Å²) in [6, 6.07) is 4.79. The van der Waals surface area contributed by atoms with Crippen LogP contribution in [0.2, 0.25) is 5.02 Å². The van der Waals surface area contributed by atoms with Gasteiger partial charge in [0.2, 0.25) is 5.91 Å². The predicted octanol–water partition coefficient (Wildman–Crippen LogP) is 1.89. The Morgan fingerprint density at radius 1 is 1.48 bits per heavy atom.